The van der Waals surface area contributed by atoms with E-state index in [1.807, 2.05) is 24.3 Å². The maximum Gasteiger partial charge on any atom is 0.110 e. The van der Waals surface area contributed by atoms with Crippen LogP contribution in [0.3, 0.4) is 0 Å². The average molecular weight is 749 g/mol. The van der Waals surface area contributed by atoms with E-state index in [-0.39, 0.29) is 33.9 Å². The first-order valence-electron chi connectivity index (χ1n) is 20.8. The summed E-state index contributed by atoms with van der Waals surface area (Å²) in [7, 11) is 0. The fourth-order valence-electron chi connectivity index (χ4n) is 11.5. The summed E-state index contributed by atoms with van der Waals surface area (Å²) in [6, 6.07) is 66.6. The number of hydrogen-bond donors (Lipinski definition) is 0. The molecule has 0 N–H and O–H groups in total. The Hall–Kier alpha value is -7.10. The topological polar surface area (TPSA) is 9.23 Å². The maximum absolute atomic E-state index is 6.26. The Morgan fingerprint density at radius 2 is 0.746 bits per heavy atom. The molecule has 2 fully saturated rings. The van der Waals surface area contributed by atoms with Gasteiger partial charge in [-0.15, -0.1) is 0 Å². The van der Waals surface area contributed by atoms with Crippen molar-refractivity contribution in [3.05, 3.63) is 240 Å². The third kappa shape index (κ3) is 4.82. The van der Waals surface area contributed by atoms with Crippen molar-refractivity contribution in [3.8, 4) is 0 Å². The van der Waals surface area contributed by atoms with Gasteiger partial charge in [-0.2, -0.15) is 0 Å². The molecule has 7 aromatic rings. The predicted molar refractivity (Wildman–Crippen MR) is 231 cm³/mol. The van der Waals surface area contributed by atoms with Crippen LogP contribution in [0.15, 0.2) is 134 Å². The van der Waals surface area contributed by atoms with Crippen molar-refractivity contribution in [1.29, 1.82) is 0 Å². The molecule has 6 atom stereocenters. The zero-order chi connectivity index (χ0) is 39.1. The summed E-state index contributed by atoms with van der Waals surface area (Å²) in [6.45, 7) is 0. The number of hydrogen-bond acceptors (Lipinski definition) is 1. The molecular formula is C58H36O. The van der Waals surface area contributed by atoms with Crippen molar-refractivity contribution < 1.29 is 4.74 Å². The lowest BCUT2D eigenvalue weighted by Crippen LogP contribution is -2.52. The second-order valence-electron chi connectivity index (χ2n) is 17.0. The van der Waals surface area contributed by atoms with Crippen LogP contribution in [0.25, 0.3) is 32.3 Å². The Morgan fingerprint density at radius 1 is 0.390 bits per heavy atom. The van der Waals surface area contributed by atoms with E-state index < -0.39 is 0 Å². The Labute approximate surface area is 347 Å². The summed E-state index contributed by atoms with van der Waals surface area (Å²) >= 11 is 0. The molecule has 0 amide bonds. The molecule has 0 unspecified atom stereocenters. The van der Waals surface area contributed by atoms with Gasteiger partial charge in [0.25, 0.3) is 0 Å². The Balaban J connectivity index is 1.04. The Kier molecular flexibility index (Phi) is 7.32. The van der Waals surface area contributed by atoms with Crippen LogP contribution >= 0.6 is 0 Å². The molecule has 274 valence electrons. The highest BCUT2D eigenvalue weighted by Gasteiger charge is 2.65. The molecule has 8 aliphatic rings. The largest absolute Gasteiger partial charge is 0.357 e. The SMILES string of the molecule is c1c#cc2ccc(c#cc3c(c#cc4ccc(c#cc5c(c#cc6ccc(cc6)c6c(c#1)[C@@H]1C=C[C@H]6O1)[C@@]16C=CC=C[C@@]51CCC6)cc4)[C@@]14C=CC=C[C@@]31CCC4)cc2. The van der Waals surface area contributed by atoms with Gasteiger partial charge in [-0.25, -0.2) is 0 Å². The van der Waals surface area contributed by atoms with Gasteiger partial charge in [0.05, 0.1) is 0 Å². The molecule has 2 heterocycles. The lowest BCUT2D eigenvalue weighted by molar-refractivity contribution is 0.0882. The third-order valence-corrected chi connectivity index (χ3v) is 14.3. The molecule has 0 saturated heterocycles. The van der Waals surface area contributed by atoms with Gasteiger partial charge in [0, 0.05) is 82.0 Å². The van der Waals surface area contributed by atoms with Gasteiger partial charge in [-0.3, -0.25) is 0 Å². The van der Waals surface area contributed by atoms with Crippen molar-refractivity contribution in [2.24, 2.45) is 0 Å². The smallest absolute Gasteiger partial charge is 0.110 e. The number of benzene rings is 3. The van der Waals surface area contributed by atoms with Crippen LogP contribution < -0.4 is 0 Å². The minimum absolute atomic E-state index is 0.0708. The number of rotatable bonds is 0. The third-order valence-electron chi connectivity index (χ3n) is 14.3. The normalized spacial score (nSPS) is 28.3. The lowest BCUT2D eigenvalue weighted by Gasteiger charge is -2.53. The molecule has 0 spiro atoms. The van der Waals surface area contributed by atoms with E-state index in [0.717, 1.165) is 93.1 Å². The lowest BCUT2D eigenvalue weighted by atomic mass is 9.47. The molecule has 2 aliphatic heterocycles. The molecule has 15 rings (SSSR count). The van der Waals surface area contributed by atoms with E-state index in [1.165, 1.54) is 11.1 Å². The minimum atomic E-state index is -0.145. The molecular weight excluding hydrogens is 713 g/mol. The number of ether oxygens (including phenoxy) is 1. The Bertz CT molecular complexity index is 2920. The fourth-order valence-corrected chi connectivity index (χ4v) is 11.5. The van der Waals surface area contributed by atoms with E-state index in [9.17, 15) is 0 Å². The van der Waals surface area contributed by atoms with Crippen molar-refractivity contribution in [2.75, 3.05) is 0 Å². The van der Waals surface area contributed by atoms with Crippen molar-refractivity contribution in [1.82, 2.24) is 0 Å². The summed E-state index contributed by atoms with van der Waals surface area (Å²) in [6.07, 6.45) is 29.0. The molecule has 1 heteroatoms. The van der Waals surface area contributed by atoms with Crippen LogP contribution in [0.4, 0.5) is 0 Å². The Morgan fingerprint density at radius 3 is 1.17 bits per heavy atom. The van der Waals surface area contributed by atoms with Crippen LogP contribution in [0.1, 0.15) is 84.1 Å². The molecule has 6 aliphatic carbocycles. The van der Waals surface area contributed by atoms with Gasteiger partial charge >= 0.3 is 0 Å². The average Bonchev–Trinajstić information content (AvgIpc) is 4.05. The van der Waals surface area contributed by atoms with Crippen LogP contribution in [0.5, 0.6) is 0 Å². The molecule has 1 nitrogen and oxygen atoms in total. The first-order valence-corrected chi connectivity index (χ1v) is 20.8. The van der Waals surface area contributed by atoms with Crippen molar-refractivity contribution in [2.45, 2.75) is 72.4 Å². The molecule has 8 bridgehead atoms. The van der Waals surface area contributed by atoms with Gasteiger partial charge in [-0.05, 0) is 104 Å². The van der Waals surface area contributed by atoms with Gasteiger partial charge in [-0.1, -0.05) is 146 Å². The zero-order valence-electron chi connectivity index (χ0n) is 32.5. The molecule has 7 aromatic carbocycles. The molecule has 2 saturated carbocycles. The van der Waals surface area contributed by atoms with E-state index >= 15 is 0 Å². The maximum atomic E-state index is 6.26. The number of allylic oxidation sites excluding steroid dienone is 8. The highest BCUT2D eigenvalue weighted by Crippen LogP contribution is 2.67. The number of fused-ring (bicyclic) bond motifs is 5. The van der Waals surface area contributed by atoms with E-state index in [0.29, 0.717) is 0 Å². The monoisotopic (exact) mass is 748 g/mol. The quantitative estimate of drug-likeness (QED) is 0.163. The van der Waals surface area contributed by atoms with Crippen molar-refractivity contribution in [3.63, 3.8) is 0 Å². The first kappa shape index (κ1) is 34.0. The predicted octanol–water partition coefficient (Wildman–Crippen LogP) is 12.1. The van der Waals surface area contributed by atoms with Crippen LogP contribution in [0, 0.1) is 72.8 Å². The highest BCUT2D eigenvalue weighted by atomic mass is 16.5. The van der Waals surface area contributed by atoms with E-state index in [1.54, 1.807) is 0 Å². The second-order valence-corrected chi connectivity index (χ2v) is 17.0. The zero-order valence-corrected chi connectivity index (χ0v) is 32.5. The summed E-state index contributed by atoms with van der Waals surface area (Å²) < 4.78 is 6.26. The van der Waals surface area contributed by atoms with Gasteiger partial charge in [0.2, 0.25) is 0 Å². The second kappa shape index (κ2) is 12.7. The molecule has 59 heavy (non-hydrogen) atoms. The minimum Gasteiger partial charge on any atom is -0.357 e. The van der Waals surface area contributed by atoms with Gasteiger partial charge < -0.3 is 4.74 Å². The van der Waals surface area contributed by atoms with Gasteiger partial charge in [0.1, 0.15) is 12.2 Å². The highest BCUT2D eigenvalue weighted by molar-refractivity contribution is 5.71. The summed E-state index contributed by atoms with van der Waals surface area (Å²) in [5, 5.41) is 5.88. The van der Waals surface area contributed by atoms with Gasteiger partial charge in [0.15, 0.2) is 0 Å². The summed E-state index contributed by atoms with van der Waals surface area (Å²) in [5.74, 6) is 0. The van der Waals surface area contributed by atoms with Crippen LogP contribution in [-0.4, -0.2) is 0 Å². The fraction of sp³-hybridized carbons (Fsp3) is 0.207. The van der Waals surface area contributed by atoms with Crippen LogP contribution in [-0.2, 0) is 26.4 Å². The molecule has 0 radical (unpaired) electrons. The summed E-state index contributed by atoms with van der Waals surface area (Å²) in [5.41, 5.74) is 6.46. The van der Waals surface area contributed by atoms with Crippen molar-refractivity contribution >= 4 is 32.3 Å². The standard InChI is InChI=1S/C58H36O/c1-2-10-47-52-31-32-53(59-52)54(47)46-25-19-45(20-26-46)24-30-51-50(57-35-5-6-36-58(51,57)40-8-39-57)29-23-44-17-15-43(16-18-44)22-28-49-48(27-21-42-13-11-41(9-1)12-14-42)55-33-3-4-34-56(49,55)38-7-37-55/h3-6,11-20,25-26,31-36,52-53H,7-8,37-40H2/t52-,53+,55+,56-,57+,58-/m0/s1. The van der Waals surface area contributed by atoms with Crippen LogP contribution in [0.2, 0.25) is 0 Å². The van der Waals surface area contributed by atoms with E-state index in [2.05, 4.69) is 182 Å². The summed E-state index contributed by atoms with van der Waals surface area (Å²) in [4.78, 5) is 0. The van der Waals surface area contributed by atoms with E-state index in [4.69, 9.17) is 4.74 Å². The molecule has 0 aromatic heterocycles. The first-order chi connectivity index (χ1) is 29.1.